The van der Waals surface area contributed by atoms with E-state index in [2.05, 4.69) is 11.0 Å². The fourth-order valence-corrected chi connectivity index (χ4v) is 2.87. The Bertz CT molecular complexity index is 452. The first-order valence-corrected chi connectivity index (χ1v) is 7.18. The highest BCUT2D eigenvalue weighted by Crippen LogP contribution is 2.29. The number of methoxy groups -OCH3 is 4. The van der Waals surface area contributed by atoms with Crippen molar-refractivity contribution in [2.45, 2.75) is 25.1 Å². The predicted octanol–water partition coefficient (Wildman–Crippen LogP) is 1.94. The molecule has 2 rings (SSSR count). The quantitative estimate of drug-likeness (QED) is 0.769. The second kappa shape index (κ2) is 7.64. The van der Waals surface area contributed by atoms with Gasteiger partial charge in [-0.05, 0) is 12.5 Å². The Morgan fingerprint density at radius 3 is 2.57 bits per heavy atom. The van der Waals surface area contributed by atoms with Gasteiger partial charge < -0.3 is 18.9 Å². The third-order valence-corrected chi connectivity index (χ3v) is 4.05. The van der Waals surface area contributed by atoms with Gasteiger partial charge in [-0.2, -0.15) is 0 Å². The minimum Gasteiger partial charge on any atom is -0.497 e. The number of nitrogens with zero attached hydrogens (tertiary/aromatic N) is 1. The summed E-state index contributed by atoms with van der Waals surface area (Å²) in [6, 6.07) is 6.32. The first-order chi connectivity index (χ1) is 10.2. The van der Waals surface area contributed by atoms with Crippen LogP contribution in [0.4, 0.5) is 0 Å². The molecule has 1 heterocycles. The molecule has 0 bridgehead atoms. The molecule has 21 heavy (non-hydrogen) atoms. The van der Waals surface area contributed by atoms with Gasteiger partial charge in [0.2, 0.25) is 0 Å². The number of likely N-dealkylation sites (tertiary alicyclic amines) is 1. The summed E-state index contributed by atoms with van der Waals surface area (Å²) in [4.78, 5) is 2.39. The van der Waals surface area contributed by atoms with E-state index >= 15 is 0 Å². The molecule has 0 saturated carbocycles. The van der Waals surface area contributed by atoms with Gasteiger partial charge in [0.05, 0.1) is 26.9 Å². The molecule has 0 spiro atoms. The molecule has 5 heteroatoms. The maximum absolute atomic E-state index is 5.50. The van der Waals surface area contributed by atoms with E-state index in [1.807, 2.05) is 12.1 Å². The van der Waals surface area contributed by atoms with Crippen molar-refractivity contribution in [3.05, 3.63) is 23.8 Å². The van der Waals surface area contributed by atoms with Gasteiger partial charge in [-0.3, -0.25) is 4.90 Å². The summed E-state index contributed by atoms with van der Waals surface area (Å²) in [5.74, 6) is 1.66. The smallest absolute Gasteiger partial charge is 0.127 e. The van der Waals surface area contributed by atoms with Crippen LogP contribution in [0.2, 0.25) is 0 Å². The van der Waals surface area contributed by atoms with Crippen LogP contribution < -0.4 is 9.47 Å². The normalized spacial score (nSPS) is 22.5. The van der Waals surface area contributed by atoms with Crippen molar-refractivity contribution in [2.75, 3.05) is 41.6 Å². The van der Waals surface area contributed by atoms with Crippen LogP contribution in [0, 0.1) is 0 Å². The van der Waals surface area contributed by atoms with E-state index in [-0.39, 0.29) is 6.10 Å². The maximum atomic E-state index is 5.50. The fraction of sp³-hybridized carbons (Fsp3) is 0.625. The lowest BCUT2D eigenvalue weighted by Gasteiger charge is -2.24. The first-order valence-electron chi connectivity index (χ1n) is 7.18. The van der Waals surface area contributed by atoms with Crippen molar-refractivity contribution in [3.8, 4) is 11.5 Å². The zero-order valence-corrected chi connectivity index (χ0v) is 13.3. The van der Waals surface area contributed by atoms with Gasteiger partial charge in [0.1, 0.15) is 11.5 Å². The van der Waals surface area contributed by atoms with E-state index < -0.39 is 0 Å². The molecule has 2 atom stereocenters. The Kier molecular flexibility index (Phi) is 5.85. The molecule has 0 N–H and O–H groups in total. The monoisotopic (exact) mass is 295 g/mol. The Labute approximate surface area is 126 Å². The highest BCUT2D eigenvalue weighted by molar-refractivity contribution is 5.40. The zero-order chi connectivity index (χ0) is 15.2. The molecule has 0 aliphatic carbocycles. The Morgan fingerprint density at radius 2 is 1.95 bits per heavy atom. The lowest BCUT2D eigenvalue weighted by molar-refractivity contribution is 0.105. The van der Waals surface area contributed by atoms with Gasteiger partial charge in [0.15, 0.2) is 0 Å². The summed E-state index contributed by atoms with van der Waals surface area (Å²) in [6.45, 7) is 2.46. The highest BCUT2D eigenvalue weighted by atomic mass is 16.5. The van der Waals surface area contributed by atoms with Crippen molar-refractivity contribution >= 4 is 0 Å². The second-order valence-electron chi connectivity index (χ2n) is 5.31. The molecule has 0 aromatic heterocycles. The largest absolute Gasteiger partial charge is 0.497 e. The van der Waals surface area contributed by atoms with Crippen molar-refractivity contribution in [2.24, 2.45) is 0 Å². The van der Waals surface area contributed by atoms with Crippen molar-refractivity contribution < 1.29 is 18.9 Å². The Morgan fingerprint density at radius 1 is 1.14 bits per heavy atom. The molecule has 1 aromatic carbocycles. The van der Waals surface area contributed by atoms with Gasteiger partial charge in [-0.15, -0.1) is 0 Å². The van der Waals surface area contributed by atoms with Gasteiger partial charge in [0, 0.05) is 45.0 Å². The number of benzene rings is 1. The minimum absolute atomic E-state index is 0.273. The van der Waals surface area contributed by atoms with Crippen LogP contribution >= 0.6 is 0 Å². The molecule has 1 aliphatic heterocycles. The number of hydrogen-bond acceptors (Lipinski definition) is 5. The molecular formula is C16H25NO4. The maximum Gasteiger partial charge on any atom is 0.127 e. The van der Waals surface area contributed by atoms with Gasteiger partial charge in [0.25, 0.3) is 0 Å². The van der Waals surface area contributed by atoms with E-state index in [0.717, 1.165) is 43.2 Å². The average Bonchev–Trinajstić information content (AvgIpc) is 2.90. The molecule has 1 aliphatic rings. The van der Waals surface area contributed by atoms with E-state index in [1.54, 1.807) is 28.4 Å². The van der Waals surface area contributed by atoms with Gasteiger partial charge >= 0.3 is 0 Å². The summed E-state index contributed by atoms with van der Waals surface area (Å²) >= 11 is 0. The molecule has 118 valence electrons. The van der Waals surface area contributed by atoms with Gasteiger partial charge in [-0.25, -0.2) is 0 Å². The molecule has 5 nitrogen and oxygen atoms in total. The molecular weight excluding hydrogens is 270 g/mol. The average molecular weight is 295 g/mol. The molecule has 0 unspecified atom stereocenters. The topological polar surface area (TPSA) is 40.2 Å². The third-order valence-electron chi connectivity index (χ3n) is 4.05. The van der Waals surface area contributed by atoms with Crippen molar-refractivity contribution in [1.82, 2.24) is 4.90 Å². The number of hydrogen-bond donors (Lipinski definition) is 0. The second-order valence-corrected chi connectivity index (χ2v) is 5.31. The Balaban J connectivity index is 2.12. The van der Waals surface area contributed by atoms with Crippen LogP contribution in [0.1, 0.15) is 12.0 Å². The number of ether oxygens (including phenoxy) is 4. The summed E-state index contributed by atoms with van der Waals surface area (Å²) in [5, 5.41) is 0. The molecule has 1 saturated heterocycles. The van der Waals surface area contributed by atoms with Crippen LogP contribution in [0.3, 0.4) is 0 Å². The van der Waals surface area contributed by atoms with Crippen molar-refractivity contribution in [1.29, 1.82) is 0 Å². The highest BCUT2D eigenvalue weighted by Gasteiger charge is 2.32. The fourth-order valence-electron chi connectivity index (χ4n) is 2.87. The lowest BCUT2D eigenvalue weighted by Crippen LogP contribution is -2.32. The third kappa shape index (κ3) is 3.87. The minimum atomic E-state index is 0.273. The van der Waals surface area contributed by atoms with E-state index in [4.69, 9.17) is 18.9 Å². The van der Waals surface area contributed by atoms with Crippen LogP contribution in [0.5, 0.6) is 11.5 Å². The summed E-state index contributed by atoms with van der Waals surface area (Å²) in [7, 11) is 6.86. The first kappa shape index (κ1) is 16.1. The van der Waals surface area contributed by atoms with E-state index in [1.165, 1.54) is 0 Å². The molecule has 1 aromatic rings. The SMILES string of the molecule is COC[C@@H]1C[C@@H](OC)CN1Cc1ccc(OC)cc1OC. The van der Waals surface area contributed by atoms with Gasteiger partial charge in [-0.1, -0.05) is 6.07 Å². The van der Waals surface area contributed by atoms with E-state index in [9.17, 15) is 0 Å². The van der Waals surface area contributed by atoms with E-state index in [0.29, 0.717) is 6.04 Å². The standard InChI is InChI=1S/C16H25NO4/c1-18-11-13-7-15(20-3)10-17(13)9-12-5-6-14(19-2)8-16(12)21-4/h5-6,8,13,15H,7,9-11H2,1-4H3/t13-,15+/m0/s1. The van der Waals surface area contributed by atoms with Crippen LogP contribution in [0.25, 0.3) is 0 Å². The predicted molar refractivity (Wildman–Crippen MR) is 81.0 cm³/mol. The van der Waals surface area contributed by atoms with Crippen LogP contribution in [0.15, 0.2) is 18.2 Å². The summed E-state index contributed by atoms with van der Waals surface area (Å²) in [5.41, 5.74) is 1.15. The molecule has 0 radical (unpaired) electrons. The summed E-state index contributed by atoms with van der Waals surface area (Å²) < 4.78 is 21.6. The summed E-state index contributed by atoms with van der Waals surface area (Å²) in [6.07, 6.45) is 1.28. The number of rotatable bonds is 7. The van der Waals surface area contributed by atoms with Crippen LogP contribution in [-0.4, -0.2) is 58.6 Å². The zero-order valence-electron chi connectivity index (χ0n) is 13.3. The van der Waals surface area contributed by atoms with Crippen LogP contribution in [-0.2, 0) is 16.0 Å². The van der Waals surface area contributed by atoms with Crippen molar-refractivity contribution in [3.63, 3.8) is 0 Å². The lowest BCUT2D eigenvalue weighted by atomic mass is 10.1. The molecule has 1 fully saturated rings. The molecule has 0 amide bonds. The Hall–Kier alpha value is -1.30.